The maximum Gasteiger partial charge on any atom is 0.226 e. The van der Waals surface area contributed by atoms with E-state index >= 15 is 0 Å². The van der Waals surface area contributed by atoms with Gasteiger partial charge in [0.15, 0.2) is 0 Å². The number of methoxy groups -OCH3 is 1. The summed E-state index contributed by atoms with van der Waals surface area (Å²) in [6.45, 7) is 1.69. The van der Waals surface area contributed by atoms with E-state index in [1.54, 1.807) is 13.3 Å². The van der Waals surface area contributed by atoms with Crippen LogP contribution in [0.3, 0.4) is 0 Å². The lowest BCUT2D eigenvalue weighted by atomic mass is 10.1. The second kappa shape index (κ2) is 6.30. The van der Waals surface area contributed by atoms with E-state index in [-0.39, 0.29) is 12.0 Å². The van der Waals surface area contributed by atoms with E-state index in [0.29, 0.717) is 11.8 Å². The third-order valence-electron chi connectivity index (χ3n) is 5.27. The molecule has 24 heavy (non-hydrogen) atoms. The van der Waals surface area contributed by atoms with Gasteiger partial charge in [0.2, 0.25) is 5.91 Å². The van der Waals surface area contributed by atoms with Crippen LogP contribution in [0.25, 0.3) is 0 Å². The predicted molar refractivity (Wildman–Crippen MR) is 90.8 cm³/mol. The van der Waals surface area contributed by atoms with Gasteiger partial charge in [-0.3, -0.25) is 9.48 Å². The number of carbonyl (C=O) groups excluding carboxylic acids is 1. The first-order valence-corrected chi connectivity index (χ1v) is 8.68. The van der Waals surface area contributed by atoms with Crippen molar-refractivity contribution in [3.8, 4) is 5.75 Å². The molecule has 5 heteroatoms. The summed E-state index contributed by atoms with van der Waals surface area (Å²) in [7, 11) is 1.67. The van der Waals surface area contributed by atoms with Crippen molar-refractivity contribution in [1.82, 2.24) is 14.7 Å². The molecule has 0 bridgehead atoms. The number of ether oxygens (including phenoxy) is 1. The van der Waals surface area contributed by atoms with Crippen LogP contribution in [0.2, 0.25) is 0 Å². The second-order valence-electron chi connectivity index (χ2n) is 6.78. The lowest BCUT2D eigenvalue weighted by Crippen LogP contribution is -2.39. The van der Waals surface area contributed by atoms with Gasteiger partial charge in [0.05, 0.1) is 19.7 Å². The van der Waals surface area contributed by atoms with E-state index in [0.717, 1.165) is 38.1 Å². The number of benzene rings is 1. The molecule has 5 nitrogen and oxygen atoms in total. The second-order valence-corrected chi connectivity index (χ2v) is 6.78. The molecule has 2 heterocycles. The first-order valence-electron chi connectivity index (χ1n) is 8.68. The normalized spacial score (nSPS) is 25.7. The molecule has 126 valence electrons. The molecule has 1 aliphatic carbocycles. The lowest BCUT2D eigenvalue weighted by molar-refractivity contribution is -0.133. The van der Waals surface area contributed by atoms with Crippen molar-refractivity contribution >= 4 is 5.91 Å². The van der Waals surface area contributed by atoms with Gasteiger partial charge in [0.1, 0.15) is 5.75 Å². The van der Waals surface area contributed by atoms with Crippen LogP contribution in [-0.4, -0.2) is 40.3 Å². The Morgan fingerprint density at radius 1 is 1.33 bits per heavy atom. The van der Waals surface area contributed by atoms with Crippen molar-refractivity contribution in [2.75, 3.05) is 13.7 Å². The molecule has 1 aromatic heterocycles. The Labute approximate surface area is 142 Å². The molecule has 3 atom stereocenters. The average Bonchev–Trinajstić information content (AvgIpc) is 3.01. The minimum atomic E-state index is 0.150. The molecule has 1 saturated heterocycles. The van der Waals surface area contributed by atoms with Crippen LogP contribution in [0.15, 0.2) is 42.7 Å². The fraction of sp³-hybridized carbons (Fsp3) is 0.474. The Bertz CT molecular complexity index is 696. The molecule has 2 aliphatic rings. The Hall–Kier alpha value is -2.30. The fourth-order valence-corrected chi connectivity index (χ4v) is 3.84. The third kappa shape index (κ3) is 2.90. The summed E-state index contributed by atoms with van der Waals surface area (Å²) in [5.41, 5.74) is 1.25. The Balaban J connectivity index is 1.40. The molecule has 1 aliphatic heterocycles. The number of likely N-dealkylation sites (tertiary alicyclic amines) is 1. The Morgan fingerprint density at radius 2 is 2.17 bits per heavy atom. The van der Waals surface area contributed by atoms with Gasteiger partial charge in [-0.05, 0) is 48.9 Å². The topological polar surface area (TPSA) is 47.4 Å². The van der Waals surface area contributed by atoms with E-state index < -0.39 is 0 Å². The quantitative estimate of drug-likeness (QED) is 0.849. The SMILES string of the molecule is COc1ccc([C@@H]2C[C@@H]2C(=O)N2CCC[C@@H]2Cn2cccn2)cc1. The number of rotatable bonds is 5. The van der Waals surface area contributed by atoms with E-state index in [4.69, 9.17) is 4.74 Å². The van der Waals surface area contributed by atoms with Gasteiger partial charge in [-0.1, -0.05) is 12.1 Å². The molecule has 0 spiro atoms. The zero-order valence-electron chi connectivity index (χ0n) is 14.0. The zero-order valence-corrected chi connectivity index (χ0v) is 14.0. The highest BCUT2D eigenvalue weighted by Gasteiger charge is 2.47. The minimum absolute atomic E-state index is 0.150. The molecule has 0 unspecified atom stereocenters. The fourth-order valence-electron chi connectivity index (χ4n) is 3.84. The summed E-state index contributed by atoms with van der Waals surface area (Å²) in [4.78, 5) is 15.0. The van der Waals surface area contributed by atoms with Crippen LogP contribution in [0.5, 0.6) is 5.75 Å². The Morgan fingerprint density at radius 3 is 2.88 bits per heavy atom. The zero-order chi connectivity index (χ0) is 16.5. The maximum atomic E-state index is 12.9. The van der Waals surface area contributed by atoms with Crippen molar-refractivity contribution in [2.45, 2.75) is 37.8 Å². The number of aromatic nitrogens is 2. The highest BCUT2D eigenvalue weighted by molar-refractivity contribution is 5.83. The minimum Gasteiger partial charge on any atom is -0.497 e. The van der Waals surface area contributed by atoms with Gasteiger partial charge in [-0.25, -0.2) is 0 Å². The van der Waals surface area contributed by atoms with Crippen molar-refractivity contribution in [1.29, 1.82) is 0 Å². The molecule has 2 fully saturated rings. The molecule has 1 aromatic carbocycles. The lowest BCUT2D eigenvalue weighted by Gasteiger charge is -2.25. The first kappa shape index (κ1) is 15.2. The van der Waals surface area contributed by atoms with Gasteiger partial charge in [0, 0.05) is 24.9 Å². The standard InChI is InChI=1S/C19H23N3O2/c1-24-16-7-5-14(6-8-16)17-12-18(17)19(23)22-11-2-4-15(22)13-21-10-3-9-20-21/h3,5-10,15,17-18H,2,4,11-13H2,1H3/t15-,17+,18+/m1/s1. The third-order valence-corrected chi connectivity index (χ3v) is 5.27. The number of carbonyl (C=O) groups is 1. The van der Waals surface area contributed by atoms with Crippen LogP contribution in [-0.2, 0) is 11.3 Å². The maximum absolute atomic E-state index is 12.9. The summed E-state index contributed by atoms with van der Waals surface area (Å²) in [6.07, 6.45) is 6.90. The van der Waals surface area contributed by atoms with Gasteiger partial charge >= 0.3 is 0 Å². The summed E-state index contributed by atoms with van der Waals surface area (Å²) in [6, 6.07) is 10.3. The van der Waals surface area contributed by atoms with E-state index in [9.17, 15) is 4.79 Å². The highest BCUT2D eigenvalue weighted by atomic mass is 16.5. The van der Waals surface area contributed by atoms with Crippen molar-refractivity contribution in [2.24, 2.45) is 5.92 Å². The summed E-state index contributed by atoms with van der Waals surface area (Å²) >= 11 is 0. The number of hydrogen-bond acceptors (Lipinski definition) is 3. The highest BCUT2D eigenvalue weighted by Crippen LogP contribution is 2.49. The van der Waals surface area contributed by atoms with Crippen LogP contribution < -0.4 is 4.74 Å². The van der Waals surface area contributed by atoms with Gasteiger partial charge in [-0.2, -0.15) is 5.10 Å². The Kier molecular flexibility index (Phi) is 4.00. The van der Waals surface area contributed by atoms with Gasteiger partial charge in [0.25, 0.3) is 0 Å². The first-order chi connectivity index (χ1) is 11.8. The molecular formula is C19H23N3O2. The van der Waals surface area contributed by atoms with E-state index in [1.165, 1.54) is 5.56 Å². The molecule has 0 N–H and O–H groups in total. The molecule has 0 radical (unpaired) electrons. The molecular weight excluding hydrogens is 302 g/mol. The molecule has 4 rings (SSSR count). The number of amides is 1. The van der Waals surface area contributed by atoms with Gasteiger partial charge in [-0.15, -0.1) is 0 Å². The van der Waals surface area contributed by atoms with Crippen molar-refractivity contribution in [3.63, 3.8) is 0 Å². The van der Waals surface area contributed by atoms with Crippen LogP contribution in [0, 0.1) is 5.92 Å². The van der Waals surface area contributed by atoms with E-state index in [2.05, 4.69) is 22.1 Å². The largest absolute Gasteiger partial charge is 0.497 e. The van der Waals surface area contributed by atoms with Crippen molar-refractivity contribution in [3.05, 3.63) is 48.3 Å². The number of hydrogen-bond donors (Lipinski definition) is 0. The average molecular weight is 325 g/mol. The van der Waals surface area contributed by atoms with Crippen LogP contribution >= 0.6 is 0 Å². The summed E-state index contributed by atoms with van der Waals surface area (Å²) in [5.74, 6) is 1.71. The van der Waals surface area contributed by atoms with Crippen LogP contribution in [0.1, 0.15) is 30.7 Å². The molecule has 1 saturated carbocycles. The van der Waals surface area contributed by atoms with Gasteiger partial charge < -0.3 is 9.64 Å². The summed E-state index contributed by atoms with van der Waals surface area (Å²) in [5, 5.41) is 4.28. The predicted octanol–water partition coefficient (Wildman–Crippen LogP) is 2.69. The molecule has 1 amide bonds. The number of nitrogens with zero attached hydrogens (tertiary/aromatic N) is 3. The summed E-state index contributed by atoms with van der Waals surface area (Å²) < 4.78 is 7.14. The molecule has 2 aromatic rings. The van der Waals surface area contributed by atoms with Crippen molar-refractivity contribution < 1.29 is 9.53 Å². The van der Waals surface area contributed by atoms with Crippen LogP contribution in [0.4, 0.5) is 0 Å². The monoisotopic (exact) mass is 325 g/mol. The van der Waals surface area contributed by atoms with E-state index in [1.807, 2.05) is 29.1 Å². The smallest absolute Gasteiger partial charge is 0.226 e.